The van der Waals surface area contributed by atoms with Crippen molar-refractivity contribution in [3.05, 3.63) is 59.1 Å². The summed E-state index contributed by atoms with van der Waals surface area (Å²) in [6.07, 6.45) is -3.72. The standard InChI is InChI=1S/C19H16F3N5O3/c1-10-7-11(2)24-17(23-10)26-18-25-14(9-15(28)30-3)16(29)27(18)13-6-4-5-12(8-13)19(20,21)22/h4-9H,1-3H3,(H,23,24,25,26). The van der Waals surface area contributed by atoms with E-state index in [9.17, 15) is 22.8 Å². The molecule has 0 spiro atoms. The van der Waals surface area contributed by atoms with Gasteiger partial charge in [0.1, 0.15) is 5.70 Å². The Hall–Kier alpha value is -3.76. The minimum Gasteiger partial charge on any atom is -0.466 e. The van der Waals surface area contributed by atoms with Gasteiger partial charge in [-0.1, -0.05) is 6.07 Å². The number of esters is 1. The zero-order chi connectivity index (χ0) is 22.1. The zero-order valence-corrected chi connectivity index (χ0v) is 16.1. The van der Waals surface area contributed by atoms with Gasteiger partial charge in [0.25, 0.3) is 11.9 Å². The molecule has 1 aliphatic heterocycles. The predicted octanol–water partition coefficient (Wildman–Crippen LogP) is 2.79. The summed E-state index contributed by atoms with van der Waals surface area (Å²) in [4.78, 5) is 37.8. The van der Waals surface area contributed by atoms with E-state index in [4.69, 9.17) is 0 Å². The van der Waals surface area contributed by atoms with Crippen molar-refractivity contribution in [2.75, 3.05) is 12.0 Å². The van der Waals surface area contributed by atoms with Crippen LogP contribution in [0.2, 0.25) is 0 Å². The predicted molar refractivity (Wildman–Crippen MR) is 101 cm³/mol. The molecule has 8 nitrogen and oxygen atoms in total. The molecule has 0 aliphatic carbocycles. The minimum atomic E-state index is -4.61. The number of anilines is 1. The first kappa shape index (κ1) is 21.0. The van der Waals surface area contributed by atoms with Crippen molar-refractivity contribution in [2.24, 2.45) is 4.99 Å². The average molecular weight is 419 g/mol. The number of aryl methyl sites for hydroxylation is 2. The van der Waals surface area contributed by atoms with Crippen LogP contribution in [0, 0.1) is 13.8 Å². The van der Waals surface area contributed by atoms with Gasteiger partial charge >= 0.3 is 12.1 Å². The lowest BCUT2D eigenvalue weighted by atomic mass is 10.2. The number of aliphatic imine (C=N–C) groups is 1. The van der Waals surface area contributed by atoms with E-state index in [1.807, 2.05) is 0 Å². The van der Waals surface area contributed by atoms with Crippen LogP contribution in [-0.2, 0) is 20.5 Å². The molecule has 1 amide bonds. The molecule has 1 aliphatic rings. The van der Waals surface area contributed by atoms with Crippen molar-refractivity contribution >= 4 is 29.5 Å². The van der Waals surface area contributed by atoms with E-state index >= 15 is 0 Å². The maximum Gasteiger partial charge on any atom is 0.416 e. The van der Waals surface area contributed by atoms with Crippen LogP contribution in [0.4, 0.5) is 24.8 Å². The lowest BCUT2D eigenvalue weighted by Crippen LogP contribution is -2.32. The highest BCUT2D eigenvalue weighted by Gasteiger charge is 2.36. The van der Waals surface area contributed by atoms with Crippen molar-refractivity contribution < 1.29 is 27.5 Å². The third-order valence-electron chi connectivity index (χ3n) is 3.96. The molecule has 30 heavy (non-hydrogen) atoms. The second kappa shape index (κ2) is 7.93. The monoisotopic (exact) mass is 419 g/mol. The Morgan fingerprint density at radius 2 is 1.87 bits per heavy atom. The molecule has 2 heterocycles. The number of ether oxygens (including phenoxy) is 1. The molecule has 0 saturated carbocycles. The van der Waals surface area contributed by atoms with Gasteiger partial charge in [0.2, 0.25) is 5.96 Å². The van der Waals surface area contributed by atoms with E-state index in [0.717, 1.165) is 30.2 Å². The lowest BCUT2D eigenvalue weighted by Gasteiger charge is -2.17. The molecule has 2 aromatic rings. The molecule has 1 saturated heterocycles. The highest BCUT2D eigenvalue weighted by Crippen LogP contribution is 2.33. The van der Waals surface area contributed by atoms with Crippen molar-refractivity contribution in [1.82, 2.24) is 15.3 Å². The molecule has 1 aromatic heterocycles. The summed E-state index contributed by atoms with van der Waals surface area (Å²) in [5, 5.41) is 2.63. The summed E-state index contributed by atoms with van der Waals surface area (Å²) < 4.78 is 43.9. The van der Waals surface area contributed by atoms with Crippen LogP contribution in [0.25, 0.3) is 0 Å². The summed E-state index contributed by atoms with van der Waals surface area (Å²) >= 11 is 0. The number of benzene rings is 1. The Morgan fingerprint density at radius 1 is 1.20 bits per heavy atom. The van der Waals surface area contributed by atoms with Gasteiger partial charge in [-0.05, 0) is 38.1 Å². The number of nitrogens with zero attached hydrogens (tertiary/aromatic N) is 4. The molecule has 156 valence electrons. The number of hydrogen-bond donors (Lipinski definition) is 1. The van der Waals surface area contributed by atoms with Crippen LogP contribution >= 0.6 is 0 Å². The average Bonchev–Trinajstić information content (AvgIpc) is 2.95. The van der Waals surface area contributed by atoms with E-state index < -0.39 is 23.6 Å². The second-order valence-corrected chi connectivity index (χ2v) is 6.28. The number of nitrogens with one attached hydrogen (secondary N) is 1. The Labute approximate surface area is 169 Å². The molecule has 1 fully saturated rings. The van der Waals surface area contributed by atoms with Crippen molar-refractivity contribution in [3.63, 3.8) is 0 Å². The van der Waals surface area contributed by atoms with Crippen LogP contribution < -0.4 is 10.2 Å². The first-order valence-corrected chi connectivity index (χ1v) is 8.58. The van der Waals surface area contributed by atoms with Crippen LogP contribution in [0.5, 0.6) is 0 Å². The van der Waals surface area contributed by atoms with Crippen LogP contribution in [0.15, 0.2) is 47.1 Å². The molecule has 11 heteroatoms. The normalized spacial score (nSPS) is 16.9. The summed E-state index contributed by atoms with van der Waals surface area (Å²) in [6.45, 7) is 3.44. The van der Waals surface area contributed by atoms with E-state index in [2.05, 4.69) is 25.0 Å². The maximum atomic E-state index is 13.1. The van der Waals surface area contributed by atoms with Crippen molar-refractivity contribution in [2.45, 2.75) is 20.0 Å². The maximum absolute atomic E-state index is 13.1. The van der Waals surface area contributed by atoms with Crippen LogP contribution in [0.1, 0.15) is 17.0 Å². The number of halogens is 3. The number of aromatic nitrogens is 2. The number of hydrogen-bond acceptors (Lipinski definition) is 6. The van der Waals surface area contributed by atoms with Crippen LogP contribution in [0.3, 0.4) is 0 Å². The summed E-state index contributed by atoms with van der Waals surface area (Å²) in [6, 6.07) is 5.88. The van der Waals surface area contributed by atoms with Gasteiger partial charge in [-0.3, -0.25) is 4.79 Å². The van der Waals surface area contributed by atoms with Gasteiger partial charge in [0.15, 0.2) is 0 Å². The molecular formula is C19H16F3N5O3. The second-order valence-electron chi connectivity index (χ2n) is 6.28. The van der Waals surface area contributed by atoms with Gasteiger partial charge in [-0.25, -0.2) is 19.7 Å². The van der Waals surface area contributed by atoms with Gasteiger partial charge in [-0.15, -0.1) is 0 Å². The van der Waals surface area contributed by atoms with Gasteiger partial charge < -0.3 is 10.1 Å². The topological polar surface area (TPSA) is 96.8 Å². The largest absolute Gasteiger partial charge is 0.466 e. The highest BCUT2D eigenvalue weighted by atomic mass is 19.4. The molecule has 3 rings (SSSR count). The van der Waals surface area contributed by atoms with Gasteiger partial charge in [0, 0.05) is 11.4 Å². The van der Waals surface area contributed by atoms with E-state index in [0.29, 0.717) is 11.4 Å². The smallest absolute Gasteiger partial charge is 0.416 e. The number of methoxy groups -OCH3 is 1. The highest BCUT2D eigenvalue weighted by molar-refractivity contribution is 6.29. The lowest BCUT2D eigenvalue weighted by molar-refractivity contribution is -0.137. The molecule has 0 unspecified atom stereocenters. The third-order valence-corrected chi connectivity index (χ3v) is 3.96. The quantitative estimate of drug-likeness (QED) is 0.607. The molecule has 0 bridgehead atoms. The van der Waals surface area contributed by atoms with Gasteiger partial charge in [0.05, 0.1) is 24.4 Å². The van der Waals surface area contributed by atoms with Crippen molar-refractivity contribution in [3.8, 4) is 0 Å². The number of amides is 1. The fourth-order valence-corrected chi connectivity index (χ4v) is 2.71. The fraction of sp³-hybridized carbons (Fsp3) is 0.211. The third kappa shape index (κ3) is 4.45. The molecule has 0 atom stereocenters. The first-order chi connectivity index (χ1) is 14.1. The number of carbonyl (C=O) groups is 2. The van der Waals surface area contributed by atoms with Crippen LogP contribution in [-0.4, -0.2) is 34.9 Å². The first-order valence-electron chi connectivity index (χ1n) is 8.58. The molecule has 1 aromatic carbocycles. The SMILES string of the molecule is COC(=O)C=C1N/C(=N\c2nc(C)cc(C)n2)N(c2cccc(C(F)(F)F)c2)C1=O. The summed E-state index contributed by atoms with van der Waals surface area (Å²) in [5.74, 6) is -1.76. The van der Waals surface area contributed by atoms with E-state index in [1.165, 1.54) is 12.1 Å². The van der Waals surface area contributed by atoms with E-state index in [-0.39, 0.29) is 23.3 Å². The number of alkyl halides is 3. The fourth-order valence-electron chi connectivity index (χ4n) is 2.71. The molecule has 0 radical (unpaired) electrons. The zero-order valence-electron chi connectivity index (χ0n) is 16.1. The number of guanidine groups is 1. The molecule has 1 N–H and O–H groups in total. The Bertz CT molecular complexity index is 1060. The van der Waals surface area contributed by atoms with E-state index in [1.54, 1.807) is 19.9 Å². The van der Waals surface area contributed by atoms with Crippen molar-refractivity contribution in [1.29, 1.82) is 0 Å². The van der Waals surface area contributed by atoms with Gasteiger partial charge in [-0.2, -0.15) is 18.2 Å². The molecular weight excluding hydrogens is 403 g/mol. The summed E-state index contributed by atoms with van der Waals surface area (Å²) in [5.41, 5.74) is -0.0365. The minimum absolute atomic E-state index is 0.000839. The summed E-state index contributed by atoms with van der Waals surface area (Å²) in [7, 11) is 1.13. The Morgan fingerprint density at radius 3 is 2.47 bits per heavy atom. The Kier molecular flexibility index (Phi) is 5.54. The number of carbonyl (C=O) groups excluding carboxylic acids is 2. The Balaban J connectivity index is 2.13. The number of rotatable bonds is 3.